The van der Waals surface area contributed by atoms with Crippen molar-refractivity contribution in [1.29, 1.82) is 0 Å². The van der Waals surface area contributed by atoms with Gasteiger partial charge in [-0.2, -0.15) is 22.0 Å². The van der Waals surface area contributed by atoms with Crippen molar-refractivity contribution >= 4 is 5.97 Å². The molecule has 0 spiro atoms. The number of hydrogen-bond acceptors (Lipinski definition) is 2. The van der Waals surface area contributed by atoms with E-state index in [1.165, 1.54) is 0 Å². The summed E-state index contributed by atoms with van der Waals surface area (Å²) in [6.45, 7) is 3.20. The second-order valence-electron chi connectivity index (χ2n) is 3.95. The van der Waals surface area contributed by atoms with Crippen molar-refractivity contribution in [2.75, 3.05) is 0 Å². The van der Waals surface area contributed by atoms with Gasteiger partial charge in [0.2, 0.25) is 5.67 Å². The van der Waals surface area contributed by atoms with Gasteiger partial charge in [-0.15, -0.1) is 0 Å². The molecule has 0 aromatic carbocycles. The molecule has 0 aliphatic rings. The van der Waals surface area contributed by atoms with Crippen molar-refractivity contribution in [2.24, 2.45) is 0 Å². The number of aliphatic carboxylic acids is 1. The standard InChI is InChI=1S/C10H11F7O2/c1-4-7(11,6(18)19)9(13,14)8(12,5(2)3)10(15,16)17/h2,4H2,1,3H3,(H,18,19)/p-1. The smallest absolute Gasteiger partial charge is 0.432 e. The Morgan fingerprint density at radius 2 is 1.47 bits per heavy atom. The van der Waals surface area contributed by atoms with Crippen LogP contribution < -0.4 is 5.11 Å². The Bertz CT molecular complexity index is 390. The van der Waals surface area contributed by atoms with Gasteiger partial charge in [0.1, 0.15) is 0 Å². The first kappa shape index (κ1) is 17.7. The molecule has 0 aliphatic heterocycles. The number of hydrogen-bond donors (Lipinski definition) is 0. The lowest BCUT2D eigenvalue weighted by Gasteiger charge is -2.43. The largest absolute Gasteiger partial charge is 0.546 e. The molecular weight excluding hydrogens is 285 g/mol. The molecule has 0 radical (unpaired) electrons. The molecule has 0 fully saturated rings. The molecule has 112 valence electrons. The lowest BCUT2D eigenvalue weighted by atomic mass is 9.79. The highest BCUT2D eigenvalue weighted by atomic mass is 19.4. The SMILES string of the molecule is C=C(C)C(F)(C(F)(F)F)C(F)(F)C(F)(CC)C(=O)[O-]. The van der Waals surface area contributed by atoms with Gasteiger partial charge in [0.05, 0.1) is 5.97 Å². The third-order valence-electron chi connectivity index (χ3n) is 2.72. The van der Waals surface area contributed by atoms with Crippen molar-refractivity contribution in [1.82, 2.24) is 0 Å². The predicted octanol–water partition coefficient (Wildman–Crippen LogP) is 2.34. The van der Waals surface area contributed by atoms with Crippen LogP contribution in [0.1, 0.15) is 20.3 Å². The number of carboxylic acids is 1. The molecular formula is C10H10F7O2-. The number of alkyl halides is 7. The van der Waals surface area contributed by atoms with Crippen LogP contribution in [0.15, 0.2) is 12.2 Å². The minimum Gasteiger partial charge on any atom is -0.546 e. The second kappa shape index (κ2) is 4.68. The van der Waals surface area contributed by atoms with E-state index in [9.17, 15) is 40.6 Å². The van der Waals surface area contributed by atoms with E-state index >= 15 is 0 Å². The van der Waals surface area contributed by atoms with Gasteiger partial charge in [-0.3, -0.25) is 0 Å². The first-order valence-corrected chi connectivity index (χ1v) is 4.90. The molecule has 0 rings (SSSR count). The highest BCUT2D eigenvalue weighted by Crippen LogP contribution is 2.55. The molecule has 0 aromatic rings. The van der Waals surface area contributed by atoms with Crippen LogP contribution >= 0.6 is 0 Å². The molecule has 0 amide bonds. The Morgan fingerprint density at radius 3 is 1.63 bits per heavy atom. The fourth-order valence-corrected chi connectivity index (χ4v) is 1.46. The fourth-order valence-electron chi connectivity index (χ4n) is 1.46. The van der Waals surface area contributed by atoms with Gasteiger partial charge in [-0.05, 0) is 18.9 Å². The first-order chi connectivity index (χ1) is 8.20. The zero-order valence-electron chi connectivity index (χ0n) is 9.88. The fraction of sp³-hybridized carbons (Fsp3) is 0.700. The number of halogens is 7. The maximum Gasteiger partial charge on any atom is 0.432 e. The number of carbonyl (C=O) groups excluding carboxylic acids is 1. The van der Waals surface area contributed by atoms with Gasteiger partial charge in [-0.25, -0.2) is 8.78 Å². The lowest BCUT2D eigenvalue weighted by Crippen LogP contribution is -2.69. The van der Waals surface area contributed by atoms with Crippen LogP contribution in [-0.4, -0.2) is 29.4 Å². The molecule has 0 saturated carbocycles. The number of allylic oxidation sites excluding steroid dienone is 1. The average molecular weight is 295 g/mol. The van der Waals surface area contributed by atoms with E-state index in [4.69, 9.17) is 0 Å². The molecule has 2 unspecified atom stereocenters. The average Bonchev–Trinajstić information content (AvgIpc) is 2.23. The van der Waals surface area contributed by atoms with Gasteiger partial charge >= 0.3 is 12.1 Å². The lowest BCUT2D eigenvalue weighted by molar-refractivity contribution is -0.357. The summed E-state index contributed by atoms with van der Waals surface area (Å²) in [5, 5.41) is 10.4. The van der Waals surface area contributed by atoms with E-state index < -0.39 is 41.4 Å². The van der Waals surface area contributed by atoms with Crippen LogP contribution in [-0.2, 0) is 4.79 Å². The molecule has 19 heavy (non-hydrogen) atoms. The summed E-state index contributed by atoms with van der Waals surface area (Å²) in [4.78, 5) is 10.4. The van der Waals surface area contributed by atoms with Crippen LogP contribution in [0.4, 0.5) is 30.7 Å². The molecule has 9 heteroatoms. The van der Waals surface area contributed by atoms with E-state index in [-0.39, 0.29) is 6.92 Å². The van der Waals surface area contributed by atoms with E-state index in [2.05, 4.69) is 6.58 Å². The van der Waals surface area contributed by atoms with Crippen LogP contribution in [0.5, 0.6) is 0 Å². The topological polar surface area (TPSA) is 40.1 Å². The van der Waals surface area contributed by atoms with Crippen molar-refractivity contribution in [3.05, 3.63) is 12.2 Å². The zero-order chi connectivity index (χ0) is 15.9. The summed E-state index contributed by atoms with van der Waals surface area (Å²) >= 11 is 0. The molecule has 2 nitrogen and oxygen atoms in total. The third kappa shape index (κ3) is 2.18. The first-order valence-electron chi connectivity index (χ1n) is 4.90. The van der Waals surface area contributed by atoms with E-state index in [0.717, 1.165) is 0 Å². The van der Waals surface area contributed by atoms with Crippen LogP contribution in [0, 0.1) is 0 Å². The third-order valence-corrected chi connectivity index (χ3v) is 2.72. The molecule has 0 bridgehead atoms. The van der Waals surface area contributed by atoms with Crippen molar-refractivity contribution in [2.45, 2.75) is 43.7 Å². The number of rotatable bonds is 5. The maximum absolute atomic E-state index is 13.7. The summed E-state index contributed by atoms with van der Waals surface area (Å²) in [6, 6.07) is 0. The highest BCUT2D eigenvalue weighted by molar-refractivity contribution is 5.77. The second-order valence-corrected chi connectivity index (χ2v) is 3.95. The van der Waals surface area contributed by atoms with Crippen LogP contribution in [0.2, 0.25) is 0 Å². The van der Waals surface area contributed by atoms with Crippen LogP contribution in [0.3, 0.4) is 0 Å². The summed E-state index contributed by atoms with van der Waals surface area (Å²) < 4.78 is 91.9. The number of carboxylic acid groups (broad SMARTS) is 1. The minimum absolute atomic E-state index is 0.257. The minimum atomic E-state index is -6.25. The van der Waals surface area contributed by atoms with Gasteiger partial charge in [-0.1, -0.05) is 13.5 Å². The van der Waals surface area contributed by atoms with Gasteiger partial charge in [0, 0.05) is 0 Å². The summed E-state index contributed by atoms with van der Waals surface area (Å²) in [7, 11) is 0. The molecule has 0 N–H and O–H groups in total. The van der Waals surface area contributed by atoms with Gasteiger partial charge in [0.15, 0.2) is 0 Å². The molecule has 0 heterocycles. The Kier molecular flexibility index (Phi) is 4.36. The molecule has 2 atom stereocenters. The van der Waals surface area contributed by atoms with Crippen molar-refractivity contribution < 1.29 is 40.6 Å². The predicted molar refractivity (Wildman–Crippen MR) is 48.8 cm³/mol. The highest BCUT2D eigenvalue weighted by Gasteiger charge is 2.79. The van der Waals surface area contributed by atoms with Crippen molar-refractivity contribution in [3.63, 3.8) is 0 Å². The Balaban J connectivity index is 6.26. The van der Waals surface area contributed by atoms with Gasteiger partial charge < -0.3 is 9.90 Å². The molecule has 0 aliphatic carbocycles. The van der Waals surface area contributed by atoms with Crippen molar-refractivity contribution in [3.8, 4) is 0 Å². The van der Waals surface area contributed by atoms with E-state index in [1.807, 2.05) is 0 Å². The Morgan fingerprint density at radius 1 is 1.11 bits per heavy atom. The Hall–Kier alpha value is -1.28. The van der Waals surface area contributed by atoms with Gasteiger partial charge in [0.25, 0.3) is 5.67 Å². The number of carbonyl (C=O) groups is 1. The van der Waals surface area contributed by atoms with E-state index in [1.54, 1.807) is 0 Å². The summed E-state index contributed by atoms with van der Waals surface area (Å²) in [5.74, 6) is -9.06. The quantitative estimate of drug-likeness (QED) is 0.577. The summed E-state index contributed by atoms with van der Waals surface area (Å²) in [5.41, 5.74) is -12.1. The Labute approximate surface area is 103 Å². The van der Waals surface area contributed by atoms with Crippen LogP contribution in [0.25, 0.3) is 0 Å². The maximum atomic E-state index is 13.7. The van der Waals surface area contributed by atoms with E-state index in [0.29, 0.717) is 6.92 Å². The monoisotopic (exact) mass is 295 g/mol. The molecule has 0 aromatic heterocycles. The molecule has 0 saturated heterocycles. The normalized spacial score (nSPS) is 19.4. The zero-order valence-corrected chi connectivity index (χ0v) is 9.88. The summed E-state index contributed by atoms with van der Waals surface area (Å²) in [6.07, 6.45) is -7.86.